The molecule has 27 heavy (non-hydrogen) atoms. The van der Waals surface area contributed by atoms with Gasteiger partial charge in [0.25, 0.3) is 0 Å². The lowest BCUT2D eigenvalue weighted by atomic mass is 9.93. The van der Waals surface area contributed by atoms with Gasteiger partial charge in [0.2, 0.25) is 0 Å². The van der Waals surface area contributed by atoms with Crippen LogP contribution in [0.2, 0.25) is 0 Å². The van der Waals surface area contributed by atoms with Crippen molar-refractivity contribution in [1.82, 2.24) is 4.98 Å². The lowest BCUT2D eigenvalue weighted by molar-refractivity contribution is -0.0926. The molecule has 0 aliphatic carbocycles. The minimum Gasteiger partial charge on any atom is -0.411 e. The number of ether oxygens (including phenoxy) is 2. The first-order chi connectivity index (χ1) is 13.1. The van der Waals surface area contributed by atoms with E-state index in [4.69, 9.17) is 19.9 Å². The number of methoxy groups -OCH3 is 1. The Labute approximate surface area is 166 Å². The smallest absolute Gasteiger partial charge is 0.154 e. The van der Waals surface area contributed by atoms with Gasteiger partial charge in [-0.15, -0.1) is 11.3 Å². The highest BCUT2D eigenvalue weighted by molar-refractivity contribution is 8.01. The van der Waals surface area contributed by atoms with E-state index in [-0.39, 0.29) is 12.0 Å². The molecule has 1 aromatic carbocycles. The van der Waals surface area contributed by atoms with Crippen molar-refractivity contribution in [2.24, 2.45) is 5.16 Å². The molecular weight excluding hydrogens is 382 g/mol. The third-order valence-electron chi connectivity index (χ3n) is 4.72. The third-order valence-corrected chi connectivity index (χ3v) is 6.96. The molecule has 0 unspecified atom stereocenters. The Balaban J connectivity index is 1.83. The molecule has 1 aliphatic rings. The Bertz CT molecular complexity index is 867. The van der Waals surface area contributed by atoms with Crippen LogP contribution in [0.3, 0.4) is 0 Å². The number of hydrogen-bond acceptors (Lipinski definition) is 8. The second-order valence-corrected chi connectivity index (χ2v) is 8.59. The molecular formula is C19H21N3O3S2. The number of thiazole rings is 1. The van der Waals surface area contributed by atoms with Crippen LogP contribution in [0, 0.1) is 11.3 Å². The van der Waals surface area contributed by atoms with Crippen LogP contribution >= 0.6 is 23.1 Å². The molecule has 0 atom stereocenters. The van der Waals surface area contributed by atoms with Crippen molar-refractivity contribution in [3.8, 4) is 6.07 Å². The normalized spacial score (nSPS) is 16.9. The summed E-state index contributed by atoms with van der Waals surface area (Å²) in [5.74, 6) is 0. The molecule has 8 heteroatoms. The van der Waals surface area contributed by atoms with Crippen LogP contribution in [-0.2, 0) is 21.5 Å². The van der Waals surface area contributed by atoms with Gasteiger partial charge in [-0.2, -0.15) is 5.26 Å². The van der Waals surface area contributed by atoms with Gasteiger partial charge in [0, 0.05) is 49.8 Å². The average molecular weight is 404 g/mol. The SMILES string of the molecule is COC1(c2cnc(Sc3ccc(/C(C)=N/O)c(CC#N)c3)s2)CCOCC1. The standard InChI is InChI=1S/C19H21N3O3S2/c1-13(22-23)16-4-3-15(11-14(16)5-8-20)26-18-21-12-17(27-18)19(24-2)6-9-25-10-7-19/h3-4,11-12,23H,5-7,9-10H2,1-2H3/b22-13+. The van der Waals surface area contributed by atoms with E-state index in [1.165, 1.54) is 0 Å². The van der Waals surface area contributed by atoms with Gasteiger partial charge in [-0.1, -0.05) is 23.0 Å². The molecule has 1 fully saturated rings. The molecule has 0 spiro atoms. The summed E-state index contributed by atoms with van der Waals surface area (Å²) in [4.78, 5) is 6.67. The minimum atomic E-state index is -0.306. The first-order valence-corrected chi connectivity index (χ1v) is 10.2. The Morgan fingerprint density at radius 1 is 1.48 bits per heavy atom. The molecule has 1 N–H and O–H groups in total. The lowest BCUT2D eigenvalue weighted by Gasteiger charge is -2.34. The summed E-state index contributed by atoms with van der Waals surface area (Å²) in [7, 11) is 1.75. The maximum atomic E-state index is 9.09. The van der Waals surface area contributed by atoms with E-state index in [2.05, 4.69) is 16.2 Å². The number of oxime groups is 1. The van der Waals surface area contributed by atoms with Crippen LogP contribution in [0.5, 0.6) is 0 Å². The minimum absolute atomic E-state index is 0.256. The summed E-state index contributed by atoms with van der Waals surface area (Å²) in [6, 6.07) is 7.96. The molecule has 0 amide bonds. The summed E-state index contributed by atoms with van der Waals surface area (Å²) in [5, 5.41) is 21.4. The van der Waals surface area contributed by atoms with E-state index >= 15 is 0 Å². The van der Waals surface area contributed by atoms with Gasteiger partial charge in [-0.25, -0.2) is 4.98 Å². The van der Waals surface area contributed by atoms with Crippen LogP contribution in [0.25, 0.3) is 0 Å². The molecule has 1 aromatic heterocycles. The molecule has 3 rings (SSSR count). The zero-order valence-corrected chi connectivity index (χ0v) is 16.9. The van der Waals surface area contributed by atoms with E-state index in [9.17, 15) is 0 Å². The van der Waals surface area contributed by atoms with Gasteiger partial charge in [0.1, 0.15) is 5.60 Å². The predicted molar refractivity (Wildman–Crippen MR) is 105 cm³/mol. The first kappa shape index (κ1) is 19.8. The molecule has 0 saturated carbocycles. The zero-order chi connectivity index (χ0) is 19.3. The fourth-order valence-corrected chi connectivity index (χ4v) is 5.38. The number of aromatic nitrogens is 1. The van der Waals surface area contributed by atoms with Crippen molar-refractivity contribution in [2.75, 3.05) is 20.3 Å². The number of benzene rings is 1. The molecule has 1 saturated heterocycles. The highest BCUT2D eigenvalue weighted by Crippen LogP contribution is 2.41. The van der Waals surface area contributed by atoms with E-state index in [1.807, 2.05) is 24.4 Å². The Hall–Kier alpha value is -1.92. The molecule has 0 bridgehead atoms. The van der Waals surface area contributed by atoms with E-state index in [1.54, 1.807) is 37.1 Å². The molecule has 2 aromatic rings. The second-order valence-electron chi connectivity index (χ2n) is 6.24. The highest BCUT2D eigenvalue weighted by Gasteiger charge is 2.36. The Kier molecular flexibility index (Phi) is 6.50. The quantitative estimate of drug-likeness (QED) is 0.442. The van der Waals surface area contributed by atoms with E-state index in [0.717, 1.165) is 38.1 Å². The summed E-state index contributed by atoms with van der Waals surface area (Å²) >= 11 is 3.19. The lowest BCUT2D eigenvalue weighted by Crippen LogP contribution is -2.34. The first-order valence-electron chi connectivity index (χ1n) is 8.58. The third kappa shape index (κ3) is 4.33. The molecule has 1 aliphatic heterocycles. The summed E-state index contributed by atoms with van der Waals surface area (Å²) < 4.78 is 12.2. The van der Waals surface area contributed by atoms with Crippen LogP contribution < -0.4 is 0 Å². The van der Waals surface area contributed by atoms with Crippen molar-refractivity contribution < 1.29 is 14.7 Å². The fraction of sp³-hybridized carbons (Fsp3) is 0.421. The topological polar surface area (TPSA) is 87.7 Å². The van der Waals surface area contributed by atoms with Crippen LogP contribution in [0.1, 0.15) is 35.8 Å². The van der Waals surface area contributed by atoms with Gasteiger partial charge in [-0.05, 0) is 24.6 Å². The van der Waals surface area contributed by atoms with Gasteiger partial charge in [0.15, 0.2) is 4.34 Å². The van der Waals surface area contributed by atoms with Crippen molar-refractivity contribution >= 4 is 28.8 Å². The van der Waals surface area contributed by atoms with Crippen molar-refractivity contribution in [3.63, 3.8) is 0 Å². The van der Waals surface area contributed by atoms with Crippen molar-refractivity contribution in [1.29, 1.82) is 5.26 Å². The van der Waals surface area contributed by atoms with E-state index < -0.39 is 0 Å². The number of rotatable bonds is 6. The monoisotopic (exact) mass is 403 g/mol. The van der Waals surface area contributed by atoms with Crippen LogP contribution in [0.4, 0.5) is 0 Å². The largest absolute Gasteiger partial charge is 0.411 e. The van der Waals surface area contributed by atoms with Crippen molar-refractivity contribution in [3.05, 3.63) is 40.4 Å². The second kappa shape index (κ2) is 8.85. The van der Waals surface area contributed by atoms with Crippen LogP contribution in [-0.4, -0.2) is 36.2 Å². The van der Waals surface area contributed by atoms with Gasteiger partial charge in [0.05, 0.1) is 23.1 Å². The van der Waals surface area contributed by atoms with Gasteiger partial charge < -0.3 is 14.7 Å². The number of nitrogens with zero attached hydrogens (tertiary/aromatic N) is 3. The maximum absolute atomic E-state index is 9.09. The van der Waals surface area contributed by atoms with Crippen LogP contribution in [0.15, 0.2) is 38.8 Å². The Morgan fingerprint density at radius 3 is 2.93 bits per heavy atom. The number of hydrogen-bond donors (Lipinski definition) is 1. The molecule has 0 radical (unpaired) electrons. The summed E-state index contributed by atoms with van der Waals surface area (Å²) in [6.07, 6.45) is 3.81. The van der Waals surface area contributed by atoms with E-state index in [0.29, 0.717) is 18.9 Å². The number of nitriles is 1. The highest BCUT2D eigenvalue weighted by atomic mass is 32.2. The summed E-state index contributed by atoms with van der Waals surface area (Å²) in [6.45, 7) is 3.10. The average Bonchev–Trinajstić information content (AvgIpc) is 3.17. The molecule has 142 valence electrons. The summed E-state index contributed by atoms with van der Waals surface area (Å²) in [5.41, 5.74) is 1.81. The van der Waals surface area contributed by atoms with Gasteiger partial charge in [-0.3, -0.25) is 0 Å². The maximum Gasteiger partial charge on any atom is 0.154 e. The zero-order valence-electron chi connectivity index (χ0n) is 15.3. The molecule has 6 nitrogen and oxygen atoms in total. The predicted octanol–water partition coefficient (Wildman–Crippen LogP) is 4.21. The van der Waals surface area contributed by atoms with Crippen molar-refractivity contribution in [2.45, 2.75) is 41.0 Å². The molecule has 2 heterocycles. The fourth-order valence-electron chi connectivity index (χ4n) is 3.14. The van der Waals surface area contributed by atoms with Gasteiger partial charge >= 0.3 is 0 Å². The Morgan fingerprint density at radius 2 is 2.26 bits per heavy atom.